The normalized spacial score (nSPS) is 19.0. The molecule has 2 aromatic rings. The van der Waals surface area contributed by atoms with Gasteiger partial charge in [-0.1, -0.05) is 12.2 Å². The maximum atomic E-state index is 13.4. The first kappa shape index (κ1) is 30.0. The number of aliphatic imine (C=N–C) groups is 1. The average molecular weight is 577 g/mol. The number of aryl methyl sites for hydroxylation is 1. The number of carbonyl (C=O) groups is 3. The van der Waals surface area contributed by atoms with Crippen LogP contribution in [0.4, 0.5) is 0 Å². The number of nitrogens with one attached hydrogen (secondary N) is 3. The standard InChI is InChI=1S/C31H37ClN6O3/c1-22-21-24(9-10-26(22)31(41)38-19-4-5-20-38)30(40)37-27(28-34-15-6-7-25(32)13-18-35-28)8-2-3-14-36-29(39)23-11-16-33-17-12-23/h6,9-13,15-18,21,25,27H,2-5,7-8,14,19-20H2,1H3,(H,34,35)(H,36,39)(H,37,40)/b15-6+,18-13+. The molecule has 2 aliphatic heterocycles. The molecular formula is C31H37ClN6O3. The molecule has 4 rings (SSSR count). The SMILES string of the molecule is Cc1cc(C(=O)NC(CCCCNC(=O)c2ccncc2)C2=N/C=C/CC(Cl)/C=C/N2)ccc1C(=O)N1CCCC1. The molecule has 0 bridgehead atoms. The van der Waals surface area contributed by atoms with E-state index >= 15 is 0 Å². The minimum Gasteiger partial charge on any atom is -0.352 e. The number of amides is 3. The number of carbonyl (C=O) groups excluding carboxylic acids is 3. The Balaban J connectivity index is 1.41. The van der Waals surface area contributed by atoms with E-state index in [4.69, 9.17) is 11.6 Å². The van der Waals surface area contributed by atoms with Crippen molar-refractivity contribution in [2.45, 2.75) is 56.9 Å². The number of amidine groups is 1. The number of benzene rings is 1. The fraction of sp³-hybridized carbons (Fsp3) is 0.387. The lowest BCUT2D eigenvalue weighted by atomic mass is 10.0. The van der Waals surface area contributed by atoms with Crippen molar-refractivity contribution in [3.05, 3.63) is 89.5 Å². The van der Waals surface area contributed by atoms with E-state index in [9.17, 15) is 14.4 Å². The molecule has 1 fully saturated rings. The Hall–Kier alpha value is -3.98. The van der Waals surface area contributed by atoms with Crippen LogP contribution in [-0.4, -0.2) is 64.5 Å². The van der Waals surface area contributed by atoms with Gasteiger partial charge in [0.05, 0.1) is 11.4 Å². The maximum Gasteiger partial charge on any atom is 0.254 e. The summed E-state index contributed by atoms with van der Waals surface area (Å²) in [6, 6.07) is 8.14. The zero-order chi connectivity index (χ0) is 29.0. The lowest BCUT2D eigenvalue weighted by Gasteiger charge is -2.21. The third-order valence-corrected chi connectivity index (χ3v) is 7.44. The molecule has 9 nitrogen and oxygen atoms in total. The molecule has 1 saturated heterocycles. The van der Waals surface area contributed by atoms with Crippen molar-refractivity contribution < 1.29 is 14.4 Å². The summed E-state index contributed by atoms with van der Waals surface area (Å²) in [4.78, 5) is 49.0. The lowest BCUT2D eigenvalue weighted by molar-refractivity contribution is 0.0791. The Kier molecular flexibility index (Phi) is 11.1. The number of hydrogen-bond donors (Lipinski definition) is 3. The van der Waals surface area contributed by atoms with Crippen molar-refractivity contribution >= 4 is 35.2 Å². The van der Waals surface area contributed by atoms with Gasteiger partial charge >= 0.3 is 0 Å². The monoisotopic (exact) mass is 576 g/mol. The number of aromatic nitrogens is 1. The highest BCUT2D eigenvalue weighted by Gasteiger charge is 2.23. The van der Waals surface area contributed by atoms with Gasteiger partial charge in [0, 0.05) is 54.9 Å². The Morgan fingerprint density at radius 2 is 1.85 bits per heavy atom. The van der Waals surface area contributed by atoms with Gasteiger partial charge in [-0.2, -0.15) is 0 Å². The van der Waals surface area contributed by atoms with Gasteiger partial charge in [0.15, 0.2) is 0 Å². The minimum atomic E-state index is -0.411. The average Bonchev–Trinajstić information content (AvgIpc) is 3.55. The molecule has 1 aromatic carbocycles. The van der Waals surface area contributed by atoms with Crippen LogP contribution in [0.3, 0.4) is 0 Å². The Morgan fingerprint density at radius 1 is 1.07 bits per heavy atom. The quantitative estimate of drug-likeness (QED) is 0.287. The van der Waals surface area contributed by atoms with E-state index in [-0.39, 0.29) is 23.1 Å². The van der Waals surface area contributed by atoms with E-state index in [0.29, 0.717) is 41.9 Å². The number of alkyl halides is 1. The molecule has 2 atom stereocenters. The summed E-state index contributed by atoms with van der Waals surface area (Å²) in [6.07, 6.45) is 15.1. The van der Waals surface area contributed by atoms with Crippen LogP contribution in [0.15, 0.2) is 72.3 Å². The van der Waals surface area contributed by atoms with Crippen LogP contribution in [0.5, 0.6) is 0 Å². The van der Waals surface area contributed by atoms with Gasteiger partial charge in [-0.05, 0) is 87.5 Å². The molecule has 0 radical (unpaired) electrons. The van der Waals surface area contributed by atoms with Crippen LogP contribution < -0.4 is 16.0 Å². The Morgan fingerprint density at radius 3 is 2.61 bits per heavy atom. The third kappa shape index (κ3) is 8.75. The molecular weight excluding hydrogens is 540 g/mol. The molecule has 0 aliphatic carbocycles. The number of halogens is 1. The molecule has 2 aliphatic rings. The van der Waals surface area contributed by atoms with E-state index in [0.717, 1.165) is 44.3 Å². The largest absolute Gasteiger partial charge is 0.352 e. The van der Waals surface area contributed by atoms with Gasteiger partial charge in [-0.3, -0.25) is 19.4 Å². The first-order valence-corrected chi connectivity index (χ1v) is 14.5. The summed E-state index contributed by atoms with van der Waals surface area (Å²) in [5.74, 6) is 0.209. The van der Waals surface area contributed by atoms with Gasteiger partial charge in [0.25, 0.3) is 17.7 Å². The molecule has 0 spiro atoms. The lowest BCUT2D eigenvalue weighted by Crippen LogP contribution is -2.45. The van der Waals surface area contributed by atoms with E-state index in [1.54, 1.807) is 55.1 Å². The van der Waals surface area contributed by atoms with Crippen molar-refractivity contribution in [2.24, 2.45) is 4.99 Å². The Labute approximate surface area is 246 Å². The van der Waals surface area contributed by atoms with Crippen molar-refractivity contribution in [1.82, 2.24) is 25.8 Å². The molecule has 1 aromatic heterocycles. The number of unbranched alkanes of at least 4 members (excludes halogenated alkanes) is 1. The highest BCUT2D eigenvalue weighted by atomic mass is 35.5. The number of rotatable bonds is 10. The maximum absolute atomic E-state index is 13.4. The second kappa shape index (κ2) is 15.1. The van der Waals surface area contributed by atoms with Gasteiger partial charge in [-0.15, -0.1) is 11.6 Å². The summed E-state index contributed by atoms with van der Waals surface area (Å²) in [5, 5.41) is 9.07. The number of pyridine rings is 1. The molecule has 3 amide bonds. The summed E-state index contributed by atoms with van der Waals surface area (Å²) in [7, 11) is 0. The smallest absolute Gasteiger partial charge is 0.254 e. The van der Waals surface area contributed by atoms with Crippen LogP contribution >= 0.6 is 11.6 Å². The third-order valence-electron chi connectivity index (χ3n) is 7.11. The second-order valence-electron chi connectivity index (χ2n) is 10.2. The van der Waals surface area contributed by atoms with Gasteiger partial charge < -0.3 is 20.9 Å². The van der Waals surface area contributed by atoms with Gasteiger partial charge in [-0.25, -0.2) is 4.99 Å². The van der Waals surface area contributed by atoms with Gasteiger partial charge in [0.1, 0.15) is 5.84 Å². The second-order valence-corrected chi connectivity index (χ2v) is 10.8. The van der Waals surface area contributed by atoms with Crippen LogP contribution in [-0.2, 0) is 0 Å². The predicted molar refractivity (Wildman–Crippen MR) is 161 cm³/mol. The van der Waals surface area contributed by atoms with Crippen LogP contribution in [0.2, 0.25) is 0 Å². The number of hydrogen-bond acceptors (Lipinski definition) is 6. The summed E-state index contributed by atoms with van der Waals surface area (Å²) in [5.41, 5.74) is 2.44. The van der Waals surface area contributed by atoms with E-state index in [1.807, 2.05) is 24.0 Å². The van der Waals surface area contributed by atoms with Crippen LogP contribution in [0.1, 0.15) is 75.2 Å². The summed E-state index contributed by atoms with van der Waals surface area (Å²) < 4.78 is 0. The Bertz CT molecular complexity index is 1300. The fourth-order valence-corrected chi connectivity index (χ4v) is 4.98. The molecule has 2 unspecified atom stereocenters. The summed E-state index contributed by atoms with van der Waals surface area (Å²) >= 11 is 6.27. The predicted octanol–water partition coefficient (Wildman–Crippen LogP) is 4.35. The number of nitrogens with zero attached hydrogens (tertiary/aromatic N) is 3. The number of allylic oxidation sites excluding steroid dienone is 2. The molecule has 10 heteroatoms. The summed E-state index contributed by atoms with van der Waals surface area (Å²) in [6.45, 7) is 3.91. The zero-order valence-corrected chi connectivity index (χ0v) is 24.1. The topological polar surface area (TPSA) is 116 Å². The van der Waals surface area contributed by atoms with E-state index in [2.05, 4.69) is 25.9 Å². The fourth-order valence-electron chi connectivity index (χ4n) is 4.80. The first-order valence-electron chi connectivity index (χ1n) is 14.1. The van der Waals surface area contributed by atoms with E-state index < -0.39 is 6.04 Å². The minimum absolute atomic E-state index is 0.0150. The van der Waals surface area contributed by atoms with Crippen LogP contribution in [0, 0.1) is 6.92 Å². The molecule has 216 valence electrons. The van der Waals surface area contributed by atoms with Crippen molar-refractivity contribution in [1.29, 1.82) is 0 Å². The van der Waals surface area contributed by atoms with Gasteiger partial charge in [0.2, 0.25) is 0 Å². The van der Waals surface area contributed by atoms with Crippen molar-refractivity contribution in [3.8, 4) is 0 Å². The van der Waals surface area contributed by atoms with Crippen molar-refractivity contribution in [2.75, 3.05) is 19.6 Å². The van der Waals surface area contributed by atoms with E-state index in [1.165, 1.54) is 0 Å². The van der Waals surface area contributed by atoms with Crippen molar-refractivity contribution in [3.63, 3.8) is 0 Å². The highest BCUT2D eigenvalue weighted by molar-refractivity contribution is 6.21. The highest BCUT2D eigenvalue weighted by Crippen LogP contribution is 2.18. The molecule has 0 saturated carbocycles. The number of likely N-dealkylation sites (tertiary alicyclic amines) is 1. The molecule has 41 heavy (non-hydrogen) atoms. The van der Waals surface area contributed by atoms with Crippen LogP contribution in [0.25, 0.3) is 0 Å². The molecule has 3 N–H and O–H groups in total. The zero-order valence-electron chi connectivity index (χ0n) is 23.3. The molecule has 3 heterocycles. The first-order chi connectivity index (χ1) is 19.9.